The maximum atomic E-state index is 12.4. The van der Waals surface area contributed by atoms with Gasteiger partial charge in [-0.2, -0.15) is 0 Å². The highest BCUT2D eigenvalue weighted by Crippen LogP contribution is 2.28. The average Bonchev–Trinajstić information content (AvgIpc) is 2.86. The van der Waals surface area contributed by atoms with E-state index in [1.54, 1.807) is 0 Å². The van der Waals surface area contributed by atoms with Gasteiger partial charge in [-0.3, -0.25) is 9.79 Å². The molecule has 1 amide bonds. The first-order valence-corrected chi connectivity index (χ1v) is 9.25. The summed E-state index contributed by atoms with van der Waals surface area (Å²) in [5.41, 5.74) is 0.356. The maximum absolute atomic E-state index is 12.4. The van der Waals surface area contributed by atoms with E-state index in [0.717, 1.165) is 45.0 Å². The van der Waals surface area contributed by atoms with Crippen LogP contribution in [0, 0.1) is 5.41 Å². The highest BCUT2D eigenvalue weighted by Gasteiger charge is 2.31. The van der Waals surface area contributed by atoms with Crippen molar-refractivity contribution in [1.82, 2.24) is 15.1 Å². The zero-order valence-electron chi connectivity index (χ0n) is 15.8. The molecule has 0 saturated carbocycles. The number of hydrogen-bond acceptors (Lipinski definition) is 2. The summed E-state index contributed by atoms with van der Waals surface area (Å²) in [4.78, 5) is 21.5. The largest absolute Gasteiger partial charge is 0.357 e. The lowest BCUT2D eigenvalue weighted by molar-refractivity contribution is -0.134. The van der Waals surface area contributed by atoms with Crippen LogP contribution >= 0.6 is 24.0 Å². The van der Waals surface area contributed by atoms with Gasteiger partial charge in [-0.25, -0.2) is 0 Å². The van der Waals surface area contributed by atoms with E-state index in [1.165, 1.54) is 12.8 Å². The van der Waals surface area contributed by atoms with Crippen LogP contribution in [0.1, 0.15) is 59.8 Å². The molecule has 24 heavy (non-hydrogen) atoms. The van der Waals surface area contributed by atoms with E-state index in [2.05, 4.69) is 37.9 Å². The van der Waals surface area contributed by atoms with Crippen LogP contribution in [0.4, 0.5) is 0 Å². The molecule has 2 rings (SSSR count). The summed E-state index contributed by atoms with van der Waals surface area (Å²) < 4.78 is 0. The molecular weight excluding hydrogens is 415 g/mol. The Morgan fingerprint density at radius 1 is 1.29 bits per heavy atom. The van der Waals surface area contributed by atoms with E-state index >= 15 is 0 Å². The van der Waals surface area contributed by atoms with Gasteiger partial charge >= 0.3 is 0 Å². The van der Waals surface area contributed by atoms with Gasteiger partial charge in [0.1, 0.15) is 0 Å². The Kier molecular flexibility index (Phi) is 8.81. The highest BCUT2D eigenvalue weighted by atomic mass is 127. The van der Waals surface area contributed by atoms with E-state index < -0.39 is 0 Å². The van der Waals surface area contributed by atoms with Gasteiger partial charge < -0.3 is 15.1 Å². The summed E-state index contributed by atoms with van der Waals surface area (Å²) in [6, 6.07) is 0.396. The smallest absolute Gasteiger partial charge is 0.224 e. The van der Waals surface area contributed by atoms with Gasteiger partial charge in [-0.05, 0) is 44.9 Å². The summed E-state index contributed by atoms with van der Waals surface area (Å²) in [5.74, 6) is 1.23. The van der Waals surface area contributed by atoms with E-state index in [4.69, 9.17) is 4.99 Å². The molecule has 0 aromatic carbocycles. The first-order chi connectivity index (χ1) is 10.9. The third-order valence-corrected chi connectivity index (χ3v) is 5.02. The monoisotopic (exact) mass is 450 g/mol. The number of rotatable bonds is 4. The fourth-order valence-corrected chi connectivity index (χ4v) is 3.59. The number of halogens is 1. The summed E-state index contributed by atoms with van der Waals surface area (Å²) >= 11 is 0. The van der Waals surface area contributed by atoms with Crippen molar-refractivity contribution in [2.75, 3.05) is 32.7 Å². The van der Waals surface area contributed by atoms with Crippen LogP contribution in [-0.2, 0) is 4.79 Å². The molecule has 2 saturated heterocycles. The number of guanidine groups is 1. The highest BCUT2D eigenvalue weighted by molar-refractivity contribution is 14.0. The number of nitrogens with zero attached hydrogens (tertiary/aromatic N) is 3. The van der Waals surface area contributed by atoms with Crippen molar-refractivity contribution < 1.29 is 4.79 Å². The molecule has 0 spiro atoms. The quantitative estimate of drug-likeness (QED) is 0.407. The third kappa shape index (κ3) is 6.08. The molecule has 0 aromatic rings. The summed E-state index contributed by atoms with van der Waals surface area (Å²) in [7, 11) is 0. The van der Waals surface area contributed by atoms with Crippen molar-refractivity contribution in [3.8, 4) is 0 Å². The van der Waals surface area contributed by atoms with Crippen LogP contribution in [0.25, 0.3) is 0 Å². The number of carbonyl (C=O) groups is 1. The minimum Gasteiger partial charge on any atom is -0.357 e. The maximum Gasteiger partial charge on any atom is 0.224 e. The van der Waals surface area contributed by atoms with Gasteiger partial charge in [0.05, 0.1) is 6.54 Å². The molecule has 2 fully saturated rings. The molecule has 140 valence electrons. The number of likely N-dealkylation sites (tertiary alicyclic amines) is 2. The van der Waals surface area contributed by atoms with Crippen molar-refractivity contribution in [3.05, 3.63) is 0 Å². The average molecular weight is 450 g/mol. The number of carbonyl (C=O) groups excluding carboxylic acids is 1. The molecule has 0 bridgehead atoms. The van der Waals surface area contributed by atoms with E-state index in [0.29, 0.717) is 24.4 Å². The lowest BCUT2D eigenvalue weighted by Gasteiger charge is -2.33. The third-order valence-electron chi connectivity index (χ3n) is 5.02. The number of aliphatic imine (C=N–C) groups is 1. The van der Waals surface area contributed by atoms with Crippen molar-refractivity contribution in [2.45, 2.75) is 65.8 Å². The zero-order chi connectivity index (χ0) is 16.9. The minimum absolute atomic E-state index is 0. The predicted octanol–water partition coefficient (Wildman–Crippen LogP) is 3.09. The van der Waals surface area contributed by atoms with Crippen LogP contribution in [0.15, 0.2) is 4.99 Å². The van der Waals surface area contributed by atoms with Gasteiger partial charge in [-0.1, -0.05) is 13.8 Å². The molecule has 2 aliphatic heterocycles. The van der Waals surface area contributed by atoms with Crippen LogP contribution in [0.3, 0.4) is 0 Å². The number of piperidine rings is 1. The second kappa shape index (κ2) is 9.82. The van der Waals surface area contributed by atoms with Crippen molar-refractivity contribution in [2.24, 2.45) is 10.4 Å². The van der Waals surface area contributed by atoms with Crippen LogP contribution in [-0.4, -0.2) is 60.4 Å². The number of amides is 1. The van der Waals surface area contributed by atoms with Gasteiger partial charge in [0.15, 0.2) is 5.96 Å². The van der Waals surface area contributed by atoms with Crippen molar-refractivity contribution >= 4 is 35.8 Å². The lowest BCUT2D eigenvalue weighted by atomic mass is 9.93. The fourth-order valence-electron chi connectivity index (χ4n) is 3.59. The number of hydrogen-bond donors (Lipinski definition) is 1. The van der Waals surface area contributed by atoms with E-state index in [9.17, 15) is 4.79 Å². The second-order valence-electron chi connectivity index (χ2n) is 7.75. The Balaban J connectivity index is 0.00000288. The van der Waals surface area contributed by atoms with Crippen LogP contribution in [0.5, 0.6) is 0 Å². The van der Waals surface area contributed by atoms with Gasteiger partial charge in [0.25, 0.3) is 0 Å². The SMILES string of the molecule is CCNC(=NCCC(=O)N1CCCCC1C)N1CCC(C)(C)C1.I. The molecule has 5 nitrogen and oxygen atoms in total. The van der Waals surface area contributed by atoms with Crippen LogP contribution in [0.2, 0.25) is 0 Å². The Hall–Kier alpha value is -0.530. The summed E-state index contributed by atoms with van der Waals surface area (Å²) in [5, 5.41) is 3.38. The standard InChI is InChI=1S/C18H34N4O.HI/c1-5-19-17(21-13-10-18(3,4)14-21)20-11-9-16(23)22-12-7-6-8-15(22)2;/h15H,5-14H2,1-4H3,(H,19,20);1H. The summed E-state index contributed by atoms with van der Waals surface area (Å²) in [6.07, 6.45) is 5.25. The number of nitrogens with one attached hydrogen (secondary N) is 1. The molecule has 0 aliphatic carbocycles. The Bertz CT molecular complexity index is 439. The van der Waals surface area contributed by atoms with Gasteiger partial charge in [0, 0.05) is 38.6 Å². The normalized spacial score (nSPS) is 23.8. The van der Waals surface area contributed by atoms with E-state index in [-0.39, 0.29) is 29.9 Å². The van der Waals surface area contributed by atoms with Crippen molar-refractivity contribution in [1.29, 1.82) is 0 Å². The van der Waals surface area contributed by atoms with Gasteiger partial charge in [0.2, 0.25) is 5.91 Å². The predicted molar refractivity (Wildman–Crippen MR) is 111 cm³/mol. The molecule has 0 radical (unpaired) electrons. The molecule has 2 aliphatic rings. The lowest BCUT2D eigenvalue weighted by Crippen LogP contribution is -2.43. The molecule has 0 aromatic heterocycles. The molecule has 6 heteroatoms. The first kappa shape index (κ1) is 21.5. The fraction of sp³-hybridized carbons (Fsp3) is 0.889. The Morgan fingerprint density at radius 3 is 2.62 bits per heavy atom. The second-order valence-corrected chi connectivity index (χ2v) is 7.75. The Labute approximate surface area is 164 Å². The topological polar surface area (TPSA) is 47.9 Å². The molecule has 1 N–H and O–H groups in total. The minimum atomic E-state index is 0. The van der Waals surface area contributed by atoms with E-state index in [1.807, 2.05) is 4.90 Å². The summed E-state index contributed by atoms with van der Waals surface area (Å²) in [6.45, 7) is 13.3. The zero-order valence-corrected chi connectivity index (χ0v) is 18.1. The van der Waals surface area contributed by atoms with Gasteiger partial charge in [-0.15, -0.1) is 24.0 Å². The molecule has 2 heterocycles. The molecule has 1 atom stereocenters. The van der Waals surface area contributed by atoms with Crippen molar-refractivity contribution in [3.63, 3.8) is 0 Å². The Morgan fingerprint density at radius 2 is 2.04 bits per heavy atom. The molecule has 1 unspecified atom stereocenters. The molecular formula is C18H35IN4O. The van der Waals surface area contributed by atoms with Crippen LogP contribution < -0.4 is 5.32 Å². The first-order valence-electron chi connectivity index (χ1n) is 9.25.